The number of benzene rings is 3. The second-order valence-electron chi connectivity index (χ2n) is 6.74. The number of nitrogens with zero attached hydrogens (tertiary/aromatic N) is 2. The van der Waals surface area contributed by atoms with Gasteiger partial charge in [0.2, 0.25) is 0 Å². The van der Waals surface area contributed by atoms with E-state index in [0.717, 1.165) is 5.56 Å². The van der Waals surface area contributed by atoms with Gasteiger partial charge in [0.1, 0.15) is 18.2 Å². The molecule has 0 heterocycles. The fourth-order valence-electron chi connectivity index (χ4n) is 2.87. The summed E-state index contributed by atoms with van der Waals surface area (Å²) in [5.74, 6) is 0.276. The topological polar surface area (TPSA) is 114 Å². The van der Waals surface area contributed by atoms with Crippen LogP contribution < -0.4 is 14.8 Å². The molecule has 0 fully saturated rings. The quantitative estimate of drug-likeness (QED) is 0.186. The Bertz CT molecular complexity index is 1240. The van der Waals surface area contributed by atoms with Gasteiger partial charge in [0.05, 0.1) is 16.5 Å². The summed E-state index contributed by atoms with van der Waals surface area (Å²) in [6.07, 6.45) is 1.41. The number of nitriles is 1. The molecule has 1 amide bonds. The SMILES string of the molecule is COc1cc(/C=C(\C#N)C(=O)Nc2ccc([N+](=O)[O-])cc2)cc(Br)c1OCc1ccccc1. The van der Waals surface area contributed by atoms with Crippen LogP contribution in [0, 0.1) is 21.4 Å². The van der Waals surface area contributed by atoms with E-state index in [1.807, 2.05) is 36.4 Å². The number of nitro groups is 1. The number of carbonyl (C=O) groups is 1. The predicted octanol–water partition coefficient (Wildman–Crippen LogP) is 5.49. The number of amides is 1. The molecule has 0 saturated carbocycles. The van der Waals surface area contributed by atoms with Crippen molar-refractivity contribution in [2.75, 3.05) is 12.4 Å². The van der Waals surface area contributed by atoms with E-state index >= 15 is 0 Å². The number of nitro benzene ring substituents is 1. The van der Waals surface area contributed by atoms with Gasteiger partial charge in [-0.1, -0.05) is 30.3 Å². The molecular formula is C24H18BrN3O5. The van der Waals surface area contributed by atoms with E-state index in [1.54, 1.807) is 12.1 Å². The first-order chi connectivity index (χ1) is 15.9. The molecule has 3 aromatic carbocycles. The number of nitrogens with one attached hydrogen (secondary N) is 1. The minimum absolute atomic E-state index is 0.101. The van der Waals surface area contributed by atoms with Gasteiger partial charge in [-0.05, 0) is 57.4 Å². The van der Waals surface area contributed by atoms with Gasteiger partial charge in [-0.2, -0.15) is 5.26 Å². The zero-order chi connectivity index (χ0) is 23.8. The van der Waals surface area contributed by atoms with Crippen LogP contribution in [-0.4, -0.2) is 17.9 Å². The molecule has 0 saturated heterocycles. The van der Waals surface area contributed by atoms with E-state index < -0.39 is 10.8 Å². The highest BCUT2D eigenvalue weighted by Gasteiger charge is 2.15. The molecule has 3 aromatic rings. The smallest absolute Gasteiger partial charge is 0.269 e. The standard InChI is InChI=1S/C24H18BrN3O5/c1-32-22-13-17(12-21(25)23(22)33-15-16-5-3-2-4-6-16)11-18(14-26)24(29)27-19-7-9-20(10-8-19)28(30)31/h2-13H,15H2,1H3,(H,27,29)/b18-11+. The Balaban J connectivity index is 1.79. The summed E-state index contributed by atoms with van der Waals surface area (Å²) in [6.45, 7) is 0.339. The molecule has 166 valence electrons. The third kappa shape index (κ3) is 6.18. The zero-order valence-electron chi connectivity index (χ0n) is 17.4. The summed E-state index contributed by atoms with van der Waals surface area (Å²) >= 11 is 3.46. The molecule has 1 N–H and O–H groups in total. The van der Waals surface area contributed by atoms with Gasteiger partial charge in [0, 0.05) is 17.8 Å². The van der Waals surface area contributed by atoms with Crippen LogP contribution in [0.25, 0.3) is 6.08 Å². The first-order valence-electron chi connectivity index (χ1n) is 9.63. The molecular weight excluding hydrogens is 490 g/mol. The largest absolute Gasteiger partial charge is 0.493 e. The molecule has 33 heavy (non-hydrogen) atoms. The highest BCUT2D eigenvalue weighted by atomic mass is 79.9. The van der Waals surface area contributed by atoms with Crippen molar-refractivity contribution >= 4 is 39.3 Å². The van der Waals surface area contributed by atoms with E-state index in [4.69, 9.17) is 9.47 Å². The van der Waals surface area contributed by atoms with Crippen LogP contribution in [0.4, 0.5) is 11.4 Å². The molecule has 0 bridgehead atoms. The maximum Gasteiger partial charge on any atom is 0.269 e. The van der Waals surface area contributed by atoms with Crippen LogP contribution >= 0.6 is 15.9 Å². The summed E-state index contributed by atoms with van der Waals surface area (Å²) < 4.78 is 11.9. The van der Waals surface area contributed by atoms with Gasteiger partial charge in [-0.15, -0.1) is 0 Å². The maximum absolute atomic E-state index is 12.5. The van der Waals surface area contributed by atoms with Crippen molar-refractivity contribution in [3.05, 3.63) is 98.0 Å². The Morgan fingerprint density at radius 2 is 1.88 bits per heavy atom. The van der Waals surface area contributed by atoms with Crippen molar-refractivity contribution in [2.24, 2.45) is 0 Å². The Morgan fingerprint density at radius 1 is 1.18 bits per heavy atom. The molecule has 0 radical (unpaired) electrons. The van der Waals surface area contributed by atoms with Crippen molar-refractivity contribution in [2.45, 2.75) is 6.61 Å². The molecule has 9 heteroatoms. The highest BCUT2D eigenvalue weighted by molar-refractivity contribution is 9.10. The number of carbonyl (C=O) groups excluding carboxylic acids is 1. The second kappa shape index (κ2) is 10.9. The number of anilines is 1. The lowest BCUT2D eigenvalue weighted by molar-refractivity contribution is -0.384. The lowest BCUT2D eigenvalue weighted by atomic mass is 10.1. The fraction of sp³-hybridized carbons (Fsp3) is 0.0833. The van der Waals surface area contributed by atoms with E-state index in [1.165, 1.54) is 37.5 Å². The molecule has 0 aliphatic carbocycles. The molecule has 3 rings (SSSR count). The van der Waals surface area contributed by atoms with Crippen molar-refractivity contribution in [3.8, 4) is 17.6 Å². The van der Waals surface area contributed by atoms with Crippen molar-refractivity contribution < 1.29 is 19.2 Å². The number of non-ortho nitro benzene ring substituents is 1. The van der Waals surface area contributed by atoms with E-state index in [0.29, 0.717) is 33.8 Å². The number of halogens is 1. The van der Waals surface area contributed by atoms with Crippen LogP contribution in [0.15, 0.2) is 76.8 Å². The van der Waals surface area contributed by atoms with Crippen LogP contribution in [0.2, 0.25) is 0 Å². The summed E-state index contributed by atoms with van der Waals surface area (Å²) in [6, 6.07) is 20.2. The van der Waals surface area contributed by atoms with Gasteiger partial charge in [-0.25, -0.2) is 0 Å². The average Bonchev–Trinajstić information content (AvgIpc) is 2.82. The van der Waals surface area contributed by atoms with Crippen LogP contribution in [-0.2, 0) is 11.4 Å². The van der Waals surface area contributed by atoms with E-state index in [9.17, 15) is 20.2 Å². The first-order valence-corrected chi connectivity index (χ1v) is 10.4. The van der Waals surface area contributed by atoms with Crippen molar-refractivity contribution in [3.63, 3.8) is 0 Å². The van der Waals surface area contributed by atoms with Crippen molar-refractivity contribution in [1.29, 1.82) is 5.26 Å². The molecule has 0 aromatic heterocycles. The third-order valence-electron chi connectivity index (χ3n) is 4.49. The third-order valence-corrected chi connectivity index (χ3v) is 5.08. The molecule has 0 aliphatic heterocycles. The van der Waals surface area contributed by atoms with Crippen LogP contribution in [0.1, 0.15) is 11.1 Å². The number of hydrogen-bond donors (Lipinski definition) is 1. The van der Waals surface area contributed by atoms with Gasteiger partial charge >= 0.3 is 0 Å². The normalized spacial score (nSPS) is 10.8. The monoisotopic (exact) mass is 507 g/mol. The van der Waals surface area contributed by atoms with E-state index in [2.05, 4.69) is 21.2 Å². The Morgan fingerprint density at radius 3 is 2.48 bits per heavy atom. The summed E-state index contributed by atoms with van der Waals surface area (Å²) in [7, 11) is 1.50. The van der Waals surface area contributed by atoms with Gasteiger partial charge in [0.15, 0.2) is 11.5 Å². The number of ether oxygens (including phenoxy) is 2. The molecule has 0 unspecified atom stereocenters. The summed E-state index contributed by atoms with van der Waals surface area (Å²) in [4.78, 5) is 22.7. The molecule has 8 nitrogen and oxygen atoms in total. The summed E-state index contributed by atoms with van der Waals surface area (Å²) in [5.41, 5.74) is 1.61. The Kier molecular flexibility index (Phi) is 7.78. The fourth-order valence-corrected chi connectivity index (χ4v) is 3.45. The Hall–Kier alpha value is -4.16. The molecule has 0 aliphatic rings. The maximum atomic E-state index is 12.5. The Labute approximate surface area is 198 Å². The molecule has 0 spiro atoms. The zero-order valence-corrected chi connectivity index (χ0v) is 19.0. The van der Waals surface area contributed by atoms with Crippen LogP contribution in [0.3, 0.4) is 0 Å². The molecule has 0 atom stereocenters. The first kappa shape index (κ1) is 23.5. The highest BCUT2D eigenvalue weighted by Crippen LogP contribution is 2.37. The van der Waals surface area contributed by atoms with Gasteiger partial charge in [-0.3, -0.25) is 14.9 Å². The lowest BCUT2D eigenvalue weighted by Gasteiger charge is -2.14. The lowest BCUT2D eigenvalue weighted by Crippen LogP contribution is -2.13. The minimum atomic E-state index is -0.647. The average molecular weight is 508 g/mol. The second-order valence-corrected chi connectivity index (χ2v) is 7.59. The van der Waals surface area contributed by atoms with Gasteiger partial charge in [0.25, 0.3) is 11.6 Å². The van der Waals surface area contributed by atoms with Crippen molar-refractivity contribution in [1.82, 2.24) is 0 Å². The van der Waals surface area contributed by atoms with Crippen LogP contribution in [0.5, 0.6) is 11.5 Å². The van der Waals surface area contributed by atoms with Gasteiger partial charge < -0.3 is 14.8 Å². The number of methoxy groups -OCH3 is 1. The predicted molar refractivity (Wildman–Crippen MR) is 127 cm³/mol. The van der Waals surface area contributed by atoms with E-state index in [-0.39, 0.29) is 11.3 Å². The number of hydrogen-bond acceptors (Lipinski definition) is 6. The summed E-state index contributed by atoms with van der Waals surface area (Å²) in [5, 5.41) is 22.8. The number of rotatable bonds is 8. The minimum Gasteiger partial charge on any atom is -0.493 e.